The number of nitrogens with zero attached hydrogens (tertiary/aromatic N) is 2. The fourth-order valence-corrected chi connectivity index (χ4v) is 3.63. The summed E-state index contributed by atoms with van der Waals surface area (Å²) in [6, 6.07) is 5.94. The van der Waals surface area contributed by atoms with Crippen LogP contribution in [0.15, 0.2) is 39.2 Å². The molecule has 1 N–H and O–H groups in total. The van der Waals surface area contributed by atoms with E-state index < -0.39 is 23.1 Å². The molecule has 8 nitrogen and oxygen atoms in total. The van der Waals surface area contributed by atoms with E-state index in [1.807, 2.05) is 0 Å². The lowest BCUT2D eigenvalue weighted by Gasteiger charge is -2.12. The second-order valence-corrected chi connectivity index (χ2v) is 6.95. The van der Waals surface area contributed by atoms with Crippen LogP contribution in [0.2, 0.25) is 5.02 Å². The topological polar surface area (TPSA) is 99.4 Å². The molecule has 3 rings (SSSR count). The minimum Gasteiger partial charge on any atom is -0.465 e. The zero-order chi connectivity index (χ0) is 19.7. The molecular formula is C17H14ClN3O5S. The van der Waals surface area contributed by atoms with Crippen molar-refractivity contribution in [2.45, 2.75) is 6.54 Å². The van der Waals surface area contributed by atoms with Gasteiger partial charge in [0.2, 0.25) is 5.91 Å². The van der Waals surface area contributed by atoms with E-state index in [0.29, 0.717) is 15.2 Å². The number of rotatable bonds is 4. The van der Waals surface area contributed by atoms with E-state index >= 15 is 0 Å². The summed E-state index contributed by atoms with van der Waals surface area (Å²) >= 11 is 7.13. The van der Waals surface area contributed by atoms with Gasteiger partial charge in [0.1, 0.15) is 11.2 Å². The zero-order valence-corrected chi connectivity index (χ0v) is 15.9. The first-order valence-electron chi connectivity index (χ1n) is 7.68. The summed E-state index contributed by atoms with van der Waals surface area (Å²) in [6.45, 7) is -0.340. The molecule has 2 heterocycles. The van der Waals surface area contributed by atoms with E-state index in [2.05, 4.69) is 10.1 Å². The smallest absolute Gasteiger partial charge is 0.339 e. The SMILES string of the molecule is COC(=O)c1ccc(Cl)cc1NC(=O)Cn1c(=O)n(C)c(=O)c2sccc21. The zero-order valence-electron chi connectivity index (χ0n) is 14.3. The molecule has 0 radical (unpaired) electrons. The number of hydrogen-bond donors (Lipinski definition) is 1. The van der Waals surface area contributed by atoms with E-state index in [9.17, 15) is 19.2 Å². The van der Waals surface area contributed by atoms with Crippen molar-refractivity contribution >= 4 is 50.7 Å². The number of benzene rings is 1. The van der Waals surface area contributed by atoms with Crippen LogP contribution in [0.25, 0.3) is 10.2 Å². The van der Waals surface area contributed by atoms with Crippen LogP contribution in [0, 0.1) is 0 Å². The van der Waals surface area contributed by atoms with Gasteiger partial charge < -0.3 is 10.1 Å². The van der Waals surface area contributed by atoms with E-state index in [0.717, 1.165) is 4.57 Å². The van der Waals surface area contributed by atoms with Gasteiger partial charge in [-0.2, -0.15) is 0 Å². The van der Waals surface area contributed by atoms with Gasteiger partial charge in [0, 0.05) is 12.1 Å². The molecule has 140 valence electrons. The lowest BCUT2D eigenvalue weighted by atomic mass is 10.2. The number of carbonyl (C=O) groups is 2. The third-order valence-electron chi connectivity index (χ3n) is 3.91. The van der Waals surface area contributed by atoms with Crippen molar-refractivity contribution in [2.75, 3.05) is 12.4 Å². The number of anilines is 1. The van der Waals surface area contributed by atoms with Crippen LogP contribution in [-0.2, 0) is 23.1 Å². The number of esters is 1. The number of aromatic nitrogens is 2. The number of carbonyl (C=O) groups excluding carboxylic acids is 2. The number of methoxy groups -OCH3 is 1. The van der Waals surface area contributed by atoms with Gasteiger partial charge in [-0.15, -0.1) is 11.3 Å². The van der Waals surface area contributed by atoms with Crippen molar-refractivity contribution in [3.05, 3.63) is 61.1 Å². The summed E-state index contributed by atoms with van der Waals surface area (Å²) in [4.78, 5) is 48.9. The molecule has 0 aliphatic rings. The summed E-state index contributed by atoms with van der Waals surface area (Å²) in [5, 5.41) is 4.56. The van der Waals surface area contributed by atoms with Crippen LogP contribution < -0.4 is 16.6 Å². The molecule has 0 atom stereocenters. The van der Waals surface area contributed by atoms with Crippen molar-refractivity contribution in [1.29, 1.82) is 0 Å². The number of nitrogens with one attached hydrogen (secondary N) is 1. The molecule has 0 spiro atoms. The number of thiophene rings is 1. The maximum Gasteiger partial charge on any atom is 0.339 e. The number of ether oxygens (including phenoxy) is 1. The van der Waals surface area contributed by atoms with Crippen molar-refractivity contribution in [3.63, 3.8) is 0 Å². The van der Waals surface area contributed by atoms with Gasteiger partial charge in [-0.1, -0.05) is 11.6 Å². The molecule has 0 aliphatic heterocycles. The Morgan fingerprint density at radius 2 is 2.00 bits per heavy atom. The molecule has 0 unspecified atom stereocenters. The molecule has 2 aromatic heterocycles. The first-order chi connectivity index (χ1) is 12.8. The fraction of sp³-hybridized carbons (Fsp3) is 0.176. The number of amides is 1. The Labute approximate surface area is 161 Å². The van der Waals surface area contributed by atoms with Crippen molar-refractivity contribution in [3.8, 4) is 0 Å². The average Bonchev–Trinajstić information content (AvgIpc) is 3.12. The lowest BCUT2D eigenvalue weighted by molar-refractivity contribution is -0.116. The van der Waals surface area contributed by atoms with Crippen molar-refractivity contribution < 1.29 is 14.3 Å². The van der Waals surface area contributed by atoms with Gasteiger partial charge >= 0.3 is 11.7 Å². The van der Waals surface area contributed by atoms with E-state index in [-0.39, 0.29) is 17.8 Å². The van der Waals surface area contributed by atoms with Gasteiger partial charge in [-0.05, 0) is 29.6 Å². The molecule has 0 fully saturated rings. The third-order valence-corrected chi connectivity index (χ3v) is 5.04. The molecule has 1 amide bonds. The lowest BCUT2D eigenvalue weighted by Crippen LogP contribution is -2.39. The number of hydrogen-bond acceptors (Lipinski definition) is 6. The van der Waals surface area contributed by atoms with Gasteiger partial charge in [-0.3, -0.25) is 18.7 Å². The Bertz CT molecular complexity index is 1180. The molecule has 27 heavy (non-hydrogen) atoms. The van der Waals surface area contributed by atoms with Gasteiger partial charge in [0.05, 0.1) is 23.9 Å². The second kappa shape index (κ2) is 7.37. The largest absolute Gasteiger partial charge is 0.465 e. The minimum absolute atomic E-state index is 0.128. The number of halogens is 1. The van der Waals surface area contributed by atoms with E-state index in [1.54, 1.807) is 11.4 Å². The highest BCUT2D eigenvalue weighted by atomic mass is 35.5. The normalized spacial score (nSPS) is 10.8. The molecule has 0 saturated heterocycles. The van der Waals surface area contributed by atoms with Gasteiger partial charge in [0.25, 0.3) is 5.56 Å². The van der Waals surface area contributed by atoms with Crippen LogP contribution in [0.5, 0.6) is 0 Å². The minimum atomic E-state index is -0.638. The van der Waals surface area contributed by atoms with Gasteiger partial charge in [0.15, 0.2) is 0 Å². The molecule has 0 aliphatic carbocycles. The Hall–Kier alpha value is -2.91. The summed E-state index contributed by atoms with van der Waals surface area (Å²) < 4.78 is 7.21. The van der Waals surface area contributed by atoms with Gasteiger partial charge in [-0.25, -0.2) is 9.59 Å². The van der Waals surface area contributed by atoms with Crippen LogP contribution >= 0.6 is 22.9 Å². The predicted molar refractivity (Wildman–Crippen MR) is 103 cm³/mol. The quantitative estimate of drug-likeness (QED) is 0.665. The van der Waals surface area contributed by atoms with Crippen molar-refractivity contribution in [2.24, 2.45) is 7.05 Å². The maximum atomic E-state index is 12.5. The highest BCUT2D eigenvalue weighted by Gasteiger charge is 2.17. The number of fused-ring (bicyclic) bond motifs is 1. The molecule has 1 aromatic carbocycles. The van der Waals surface area contributed by atoms with Crippen LogP contribution in [-0.4, -0.2) is 28.1 Å². The van der Waals surface area contributed by atoms with Crippen LogP contribution in [0.3, 0.4) is 0 Å². The Balaban J connectivity index is 1.97. The molecule has 0 bridgehead atoms. The van der Waals surface area contributed by atoms with Crippen LogP contribution in [0.1, 0.15) is 10.4 Å². The molecule has 0 saturated carbocycles. The summed E-state index contributed by atoms with van der Waals surface area (Å²) in [5.74, 6) is -1.20. The van der Waals surface area contributed by atoms with E-state index in [1.165, 1.54) is 48.3 Å². The van der Waals surface area contributed by atoms with Crippen molar-refractivity contribution in [1.82, 2.24) is 9.13 Å². The summed E-state index contributed by atoms with van der Waals surface area (Å²) in [6.07, 6.45) is 0. The van der Waals surface area contributed by atoms with E-state index in [4.69, 9.17) is 11.6 Å². The first-order valence-corrected chi connectivity index (χ1v) is 8.94. The fourth-order valence-electron chi connectivity index (χ4n) is 2.59. The Morgan fingerprint density at radius 3 is 2.70 bits per heavy atom. The highest BCUT2D eigenvalue weighted by Crippen LogP contribution is 2.22. The second-order valence-electron chi connectivity index (χ2n) is 5.60. The predicted octanol–water partition coefficient (Wildman–Crippen LogP) is 1.84. The average molecular weight is 408 g/mol. The van der Waals surface area contributed by atoms with Crippen LogP contribution in [0.4, 0.5) is 5.69 Å². The monoisotopic (exact) mass is 407 g/mol. The Kier molecular flexibility index (Phi) is 5.15. The third kappa shape index (κ3) is 3.51. The highest BCUT2D eigenvalue weighted by molar-refractivity contribution is 7.17. The molecule has 3 aromatic rings. The Morgan fingerprint density at radius 1 is 1.26 bits per heavy atom. The first kappa shape index (κ1) is 18.9. The summed E-state index contributed by atoms with van der Waals surface area (Å²) in [5.41, 5.74) is -0.352. The molecular weight excluding hydrogens is 394 g/mol. The maximum absolute atomic E-state index is 12.5. The standard InChI is InChI=1S/C17H14ClN3O5S/c1-20-15(23)14-12(5-6-27-14)21(17(20)25)8-13(22)19-11-7-9(18)3-4-10(11)16(24)26-2/h3-7H,8H2,1-2H3,(H,19,22). The molecule has 10 heteroatoms. The summed E-state index contributed by atoms with van der Waals surface area (Å²) in [7, 11) is 2.57.